The zero-order chi connectivity index (χ0) is 27.1. The lowest BCUT2D eigenvalue weighted by Gasteiger charge is -2.26. The number of para-hydroxylation sites is 1. The molecule has 1 aliphatic carbocycles. The van der Waals surface area contributed by atoms with Crippen molar-refractivity contribution < 1.29 is 41.4 Å². The summed E-state index contributed by atoms with van der Waals surface area (Å²) >= 11 is 5.86. The maximum Gasteiger partial charge on any atom is 0.422 e. The number of ether oxygens (including phenoxy) is 1. The Morgan fingerprint density at radius 2 is 1.89 bits per heavy atom. The number of benzene rings is 2. The maximum atomic E-state index is 15.2. The molecule has 37 heavy (non-hydrogen) atoms. The topological polar surface area (TPSA) is 115 Å². The number of aromatic carboxylic acids is 1. The number of alkyl halides is 3. The maximum absolute atomic E-state index is 15.2. The minimum Gasteiger partial charge on any atom is -0.483 e. The molecule has 4 rings (SSSR count). The van der Waals surface area contributed by atoms with Crippen molar-refractivity contribution >= 4 is 29.2 Å². The molecule has 0 spiro atoms. The highest BCUT2D eigenvalue weighted by molar-refractivity contribution is 6.34. The van der Waals surface area contributed by atoms with E-state index in [2.05, 4.69) is 5.10 Å². The van der Waals surface area contributed by atoms with E-state index in [4.69, 9.17) is 16.3 Å². The van der Waals surface area contributed by atoms with Crippen molar-refractivity contribution in [2.45, 2.75) is 31.5 Å². The van der Waals surface area contributed by atoms with Crippen LogP contribution in [0.25, 0.3) is 5.69 Å². The van der Waals surface area contributed by atoms with Crippen LogP contribution in [0.4, 0.5) is 27.6 Å². The molecule has 0 aliphatic heterocycles. The number of anilines is 1. The fraction of sp³-hybridized carbons (Fsp3) is 0.273. The number of hydrogen-bond acceptors (Lipinski definition) is 5. The molecule has 0 radical (unpaired) electrons. The fourth-order valence-electron chi connectivity index (χ4n) is 3.61. The SMILES string of the molecule is O=C(Nc1c(F)cccc1Cl)c1cc(F)c(-n2nc(C(=O)O)n(C3CCC3)c2=O)cc1OCC(F)(F)F. The number of aromatic nitrogens is 3. The van der Waals surface area contributed by atoms with E-state index in [1.807, 2.05) is 5.32 Å². The molecule has 1 amide bonds. The largest absolute Gasteiger partial charge is 0.483 e. The van der Waals surface area contributed by atoms with Crippen molar-refractivity contribution in [3.63, 3.8) is 0 Å². The lowest BCUT2D eigenvalue weighted by atomic mass is 9.93. The Hall–Kier alpha value is -3.94. The number of nitrogens with one attached hydrogen (secondary N) is 1. The molecule has 0 atom stereocenters. The number of carboxylic acid groups (broad SMARTS) is 1. The van der Waals surface area contributed by atoms with Gasteiger partial charge in [-0.05, 0) is 37.5 Å². The number of halogens is 6. The summed E-state index contributed by atoms with van der Waals surface area (Å²) < 4.78 is 73.8. The lowest BCUT2D eigenvalue weighted by molar-refractivity contribution is -0.153. The Balaban J connectivity index is 1.81. The zero-order valence-corrected chi connectivity index (χ0v) is 19.2. The molecule has 2 N–H and O–H groups in total. The third-order valence-corrected chi connectivity index (χ3v) is 5.87. The summed E-state index contributed by atoms with van der Waals surface area (Å²) in [5, 5.41) is 14.9. The van der Waals surface area contributed by atoms with Crippen molar-refractivity contribution in [1.29, 1.82) is 0 Å². The normalized spacial score (nSPS) is 13.8. The van der Waals surface area contributed by atoms with Gasteiger partial charge in [0.2, 0.25) is 5.82 Å². The van der Waals surface area contributed by atoms with Gasteiger partial charge in [-0.15, -0.1) is 5.10 Å². The van der Waals surface area contributed by atoms with Crippen molar-refractivity contribution in [1.82, 2.24) is 14.3 Å². The molecule has 3 aromatic rings. The van der Waals surface area contributed by atoms with Gasteiger partial charge in [0.05, 0.1) is 16.3 Å². The van der Waals surface area contributed by atoms with E-state index in [1.54, 1.807) is 0 Å². The number of rotatable bonds is 7. The smallest absolute Gasteiger partial charge is 0.422 e. The Kier molecular flexibility index (Phi) is 6.95. The third-order valence-electron chi connectivity index (χ3n) is 5.56. The molecule has 1 fully saturated rings. The summed E-state index contributed by atoms with van der Waals surface area (Å²) in [5.41, 5.74) is -3.10. The number of carbonyl (C=O) groups is 2. The van der Waals surface area contributed by atoms with Gasteiger partial charge in [-0.25, -0.2) is 18.4 Å². The van der Waals surface area contributed by atoms with E-state index in [0.717, 1.165) is 17.1 Å². The van der Waals surface area contributed by atoms with Gasteiger partial charge in [0, 0.05) is 12.1 Å². The molecule has 9 nitrogen and oxygen atoms in total. The van der Waals surface area contributed by atoms with E-state index in [-0.39, 0.29) is 5.02 Å². The van der Waals surface area contributed by atoms with E-state index in [9.17, 15) is 37.1 Å². The first-order chi connectivity index (χ1) is 17.4. The van der Waals surface area contributed by atoms with Gasteiger partial charge >= 0.3 is 17.8 Å². The van der Waals surface area contributed by atoms with Crippen molar-refractivity contribution in [2.75, 3.05) is 11.9 Å². The van der Waals surface area contributed by atoms with Crippen molar-refractivity contribution in [3.05, 3.63) is 68.9 Å². The van der Waals surface area contributed by atoms with Crippen LogP contribution >= 0.6 is 11.6 Å². The number of hydrogen-bond donors (Lipinski definition) is 2. The molecule has 1 aromatic heterocycles. The highest BCUT2D eigenvalue weighted by Gasteiger charge is 2.32. The molecular formula is C22H16ClF5N4O5. The van der Waals surface area contributed by atoms with Gasteiger partial charge < -0.3 is 15.2 Å². The van der Waals surface area contributed by atoms with Crippen LogP contribution in [-0.4, -0.2) is 44.1 Å². The van der Waals surface area contributed by atoms with Crippen LogP contribution < -0.4 is 15.7 Å². The van der Waals surface area contributed by atoms with Gasteiger partial charge in [-0.2, -0.15) is 17.9 Å². The molecule has 0 bridgehead atoms. The Morgan fingerprint density at radius 1 is 1.19 bits per heavy atom. The quantitative estimate of drug-likeness (QED) is 0.419. The first-order valence-corrected chi connectivity index (χ1v) is 11.0. The molecular weight excluding hydrogens is 531 g/mol. The minimum absolute atomic E-state index is 0.238. The standard InChI is InChI=1S/C22H16ClF5N4O5/c23-12-5-2-6-13(24)17(12)29-19(33)11-7-14(25)15(8-16(11)37-9-22(26,27)28)32-21(36)31(10-3-1-4-10)18(30-32)20(34)35/h2,5-8,10H,1,3-4,9H2,(H,29,33)(H,34,35). The third kappa shape index (κ3) is 5.28. The molecule has 1 heterocycles. The number of amides is 1. The summed E-state index contributed by atoms with van der Waals surface area (Å²) in [5.74, 6) is -6.65. The molecule has 0 unspecified atom stereocenters. The van der Waals surface area contributed by atoms with E-state index in [1.165, 1.54) is 12.1 Å². The molecule has 1 saturated carbocycles. The van der Waals surface area contributed by atoms with Gasteiger partial charge in [-0.3, -0.25) is 9.36 Å². The van der Waals surface area contributed by atoms with Crippen LogP contribution in [0.1, 0.15) is 46.3 Å². The first kappa shape index (κ1) is 26.1. The highest BCUT2D eigenvalue weighted by Crippen LogP contribution is 2.33. The number of nitrogens with zero attached hydrogens (tertiary/aromatic N) is 3. The second kappa shape index (κ2) is 9.84. The van der Waals surface area contributed by atoms with Crippen LogP contribution in [0.3, 0.4) is 0 Å². The van der Waals surface area contributed by atoms with E-state index >= 15 is 4.39 Å². The van der Waals surface area contributed by atoms with Crippen molar-refractivity contribution in [3.8, 4) is 11.4 Å². The van der Waals surface area contributed by atoms with Crippen LogP contribution in [-0.2, 0) is 0 Å². The fourth-order valence-corrected chi connectivity index (χ4v) is 3.82. The molecule has 1 aliphatic rings. The van der Waals surface area contributed by atoms with Crippen molar-refractivity contribution in [2.24, 2.45) is 0 Å². The van der Waals surface area contributed by atoms with Gasteiger partial charge in [0.25, 0.3) is 5.91 Å². The van der Waals surface area contributed by atoms with Crippen LogP contribution in [0.5, 0.6) is 5.75 Å². The van der Waals surface area contributed by atoms with Crippen LogP contribution in [0.2, 0.25) is 5.02 Å². The van der Waals surface area contributed by atoms with Gasteiger partial charge in [0.15, 0.2) is 6.61 Å². The predicted octanol–water partition coefficient (Wildman–Crippen LogP) is 4.58. The second-order valence-corrected chi connectivity index (χ2v) is 8.44. The van der Waals surface area contributed by atoms with E-state index in [0.29, 0.717) is 29.7 Å². The highest BCUT2D eigenvalue weighted by atomic mass is 35.5. The Labute approximate surface area is 209 Å². The predicted molar refractivity (Wildman–Crippen MR) is 119 cm³/mol. The zero-order valence-electron chi connectivity index (χ0n) is 18.5. The van der Waals surface area contributed by atoms with Crippen LogP contribution in [0, 0.1) is 11.6 Å². The molecule has 0 saturated heterocycles. The average molecular weight is 547 g/mol. The van der Waals surface area contributed by atoms with Gasteiger partial charge in [0.1, 0.15) is 23.1 Å². The average Bonchev–Trinajstić information content (AvgIpc) is 3.10. The summed E-state index contributed by atoms with van der Waals surface area (Å²) in [7, 11) is 0. The monoisotopic (exact) mass is 546 g/mol. The van der Waals surface area contributed by atoms with Gasteiger partial charge in [-0.1, -0.05) is 17.7 Å². The number of carboxylic acids is 1. The number of carbonyl (C=O) groups excluding carboxylic acids is 1. The molecule has 2 aromatic carbocycles. The summed E-state index contributed by atoms with van der Waals surface area (Å²) in [4.78, 5) is 37.3. The molecule has 196 valence electrons. The second-order valence-electron chi connectivity index (χ2n) is 8.03. The summed E-state index contributed by atoms with van der Waals surface area (Å²) in [6.45, 7) is -1.90. The first-order valence-electron chi connectivity index (χ1n) is 10.6. The summed E-state index contributed by atoms with van der Waals surface area (Å²) in [6.07, 6.45) is -3.19. The lowest BCUT2D eigenvalue weighted by Crippen LogP contribution is -2.32. The van der Waals surface area contributed by atoms with Crippen LogP contribution in [0.15, 0.2) is 35.1 Å². The summed E-state index contributed by atoms with van der Waals surface area (Å²) in [6, 6.07) is 4.00. The Bertz CT molecular complexity index is 1430. The minimum atomic E-state index is -4.86. The van der Waals surface area contributed by atoms with E-state index < -0.39 is 76.5 Å². The Morgan fingerprint density at radius 3 is 2.46 bits per heavy atom. The molecule has 15 heteroatoms.